The van der Waals surface area contributed by atoms with Crippen LogP contribution in [0.4, 0.5) is 5.69 Å². The summed E-state index contributed by atoms with van der Waals surface area (Å²) in [5.74, 6) is 0.897. The van der Waals surface area contributed by atoms with E-state index < -0.39 is 0 Å². The second-order valence-corrected chi connectivity index (χ2v) is 3.19. The van der Waals surface area contributed by atoms with Crippen molar-refractivity contribution in [2.45, 2.75) is 26.3 Å². The minimum Gasteiger partial charge on any atom is -0.497 e. The van der Waals surface area contributed by atoms with Crippen LogP contribution in [0, 0.1) is 0 Å². The summed E-state index contributed by atoms with van der Waals surface area (Å²) >= 11 is 0. The average Bonchev–Trinajstić information content (AvgIpc) is 2.18. The lowest BCUT2D eigenvalue weighted by molar-refractivity contribution is 0.415. The van der Waals surface area contributed by atoms with Crippen LogP contribution in [-0.2, 0) is 0 Å². The summed E-state index contributed by atoms with van der Waals surface area (Å²) < 4.78 is 5.13. The zero-order chi connectivity index (χ0) is 9.68. The minimum absolute atomic E-state index is 0.507. The van der Waals surface area contributed by atoms with Crippen molar-refractivity contribution in [2.75, 3.05) is 12.4 Å². The number of methoxy groups -OCH3 is 1. The van der Waals surface area contributed by atoms with Crippen molar-refractivity contribution in [3.8, 4) is 5.75 Å². The molecule has 0 aliphatic heterocycles. The molecule has 2 heteroatoms. The Morgan fingerprint density at radius 2 is 2.23 bits per heavy atom. The van der Waals surface area contributed by atoms with Crippen LogP contribution in [0.25, 0.3) is 0 Å². The van der Waals surface area contributed by atoms with E-state index in [4.69, 9.17) is 4.74 Å². The van der Waals surface area contributed by atoms with Crippen LogP contribution in [-0.4, -0.2) is 13.2 Å². The van der Waals surface area contributed by atoms with Gasteiger partial charge in [-0.05, 0) is 25.5 Å². The molecule has 1 N–H and O–H groups in total. The molecule has 0 aliphatic carbocycles. The standard InChI is InChI=1S/C11H17NO/c1-4-9(2)12-10-6-5-7-11(8-10)13-3/h5-9,12H,4H2,1-3H3/t9-/m1/s1. The molecule has 0 aromatic heterocycles. The molecular weight excluding hydrogens is 162 g/mol. The Bertz CT molecular complexity index is 260. The topological polar surface area (TPSA) is 21.3 Å². The molecule has 1 atom stereocenters. The lowest BCUT2D eigenvalue weighted by atomic mass is 10.2. The Morgan fingerprint density at radius 1 is 1.46 bits per heavy atom. The molecule has 0 fully saturated rings. The number of nitrogens with one attached hydrogen (secondary N) is 1. The predicted octanol–water partition coefficient (Wildman–Crippen LogP) is 2.91. The molecule has 0 saturated heterocycles. The van der Waals surface area contributed by atoms with Crippen molar-refractivity contribution in [3.63, 3.8) is 0 Å². The molecule has 0 aliphatic rings. The molecule has 0 radical (unpaired) electrons. The lowest BCUT2D eigenvalue weighted by Gasteiger charge is -2.13. The number of hydrogen-bond acceptors (Lipinski definition) is 2. The summed E-state index contributed by atoms with van der Waals surface area (Å²) in [6.07, 6.45) is 1.12. The van der Waals surface area contributed by atoms with Crippen molar-refractivity contribution in [1.82, 2.24) is 0 Å². The summed E-state index contributed by atoms with van der Waals surface area (Å²) in [7, 11) is 1.68. The molecule has 2 nitrogen and oxygen atoms in total. The summed E-state index contributed by atoms with van der Waals surface area (Å²) in [5.41, 5.74) is 1.12. The van der Waals surface area contributed by atoms with Crippen LogP contribution < -0.4 is 10.1 Å². The predicted molar refractivity (Wildman–Crippen MR) is 56.4 cm³/mol. The largest absolute Gasteiger partial charge is 0.497 e. The van der Waals surface area contributed by atoms with Crippen LogP contribution in [0.2, 0.25) is 0 Å². The van der Waals surface area contributed by atoms with Gasteiger partial charge in [0.25, 0.3) is 0 Å². The quantitative estimate of drug-likeness (QED) is 0.767. The SMILES string of the molecule is CC[C@@H](C)Nc1cccc(OC)c1. The summed E-state index contributed by atoms with van der Waals surface area (Å²) in [6.45, 7) is 4.33. The van der Waals surface area contributed by atoms with Crippen LogP contribution in [0.1, 0.15) is 20.3 Å². The van der Waals surface area contributed by atoms with Crippen molar-refractivity contribution in [1.29, 1.82) is 0 Å². The van der Waals surface area contributed by atoms with Crippen molar-refractivity contribution < 1.29 is 4.74 Å². The molecule has 0 spiro atoms. The third kappa shape index (κ3) is 2.98. The Hall–Kier alpha value is -1.18. The highest BCUT2D eigenvalue weighted by atomic mass is 16.5. The van der Waals surface area contributed by atoms with Crippen LogP contribution >= 0.6 is 0 Å². The Kier molecular flexibility index (Phi) is 3.62. The first-order valence-corrected chi connectivity index (χ1v) is 4.67. The normalized spacial score (nSPS) is 12.2. The molecule has 0 amide bonds. The lowest BCUT2D eigenvalue weighted by Crippen LogP contribution is -2.13. The maximum atomic E-state index is 5.13. The number of ether oxygens (including phenoxy) is 1. The fourth-order valence-electron chi connectivity index (χ4n) is 1.10. The van der Waals surface area contributed by atoms with E-state index in [1.165, 1.54) is 0 Å². The average molecular weight is 179 g/mol. The molecule has 0 heterocycles. The van der Waals surface area contributed by atoms with E-state index in [1.54, 1.807) is 7.11 Å². The van der Waals surface area contributed by atoms with Crippen LogP contribution in [0.15, 0.2) is 24.3 Å². The van der Waals surface area contributed by atoms with Crippen molar-refractivity contribution in [3.05, 3.63) is 24.3 Å². The molecule has 0 unspecified atom stereocenters. The van der Waals surface area contributed by atoms with Gasteiger partial charge in [-0.1, -0.05) is 13.0 Å². The smallest absolute Gasteiger partial charge is 0.120 e. The Morgan fingerprint density at radius 3 is 2.85 bits per heavy atom. The fourth-order valence-corrected chi connectivity index (χ4v) is 1.10. The summed E-state index contributed by atoms with van der Waals surface area (Å²) in [6, 6.07) is 8.50. The summed E-state index contributed by atoms with van der Waals surface area (Å²) in [5, 5.41) is 3.39. The van der Waals surface area contributed by atoms with E-state index in [2.05, 4.69) is 25.2 Å². The number of rotatable bonds is 4. The van der Waals surface area contributed by atoms with Crippen molar-refractivity contribution in [2.24, 2.45) is 0 Å². The highest BCUT2D eigenvalue weighted by Crippen LogP contribution is 2.17. The Labute approximate surface area is 79.9 Å². The molecule has 1 rings (SSSR count). The van der Waals surface area contributed by atoms with Gasteiger partial charge in [-0.15, -0.1) is 0 Å². The molecule has 0 bridgehead atoms. The summed E-state index contributed by atoms with van der Waals surface area (Å²) in [4.78, 5) is 0. The van der Waals surface area contributed by atoms with Gasteiger partial charge in [0.2, 0.25) is 0 Å². The van der Waals surface area contributed by atoms with Gasteiger partial charge in [-0.25, -0.2) is 0 Å². The van der Waals surface area contributed by atoms with Crippen LogP contribution in [0.5, 0.6) is 5.75 Å². The first kappa shape index (κ1) is 9.90. The monoisotopic (exact) mass is 179 g/mol. The maximum Gasteiger partial charge on any atom is 0.120 e. The van der Waals surface area contributed by atoms with Gasteiger partial charge in [0.05, 0.1) is 7.11 Å². The molecule has 0 saturated carbocycles. The van der Waals surface area contributed by atoms with E-state index in [0.29, 0.717) is 6.04 Å². The van der Waals surface area contributed by atoms with E-state index in [0.717, 1.165) is 17.9 Å². The first-order chi connectivity index (χ1) is 6.26. The highest BCUT2D eigenvalue weighted by Gasteiger charge is 1.99. The Balaban J connectivity index is 2.66. The van der Waals surface area contributed by atoms with Gasteiger partial charge in [-0.2, -0.15) is 0 Å². The zero-order valence-corrected chi connectivity index (χ0v) is 8.50. The molecular formula is C11H17NO. The molecule has 1 aromatic rings. The first-order valence-electron chi connectivity index (χ1n) is 4.67. The second-order valence-electron chi connectivity index (χ2n) is 3.19. The van der Waals surface area contributed by atoms with Gasteiger partial charge in [0, 0.05) is 17.8 Å². The molecule has 72 valence electrons. The van der Waals surface area contributed by atoms with E-state index in [1.807, 2.05) is 18.2 Å². The second kappa shape index (κ2) is 4.75. The van der Waals surface area contributed by atoms with Gasteiger partial charge < -0.3 is 10.1 Å². The van der Waals surface area contributed by atoms with Gasteiger partial charge in [0.1, 0.15) is 5.75 Å². The van der Waals surface area contributed by atoms with E-state index in [-0.39, 0.29) is 0 Å². The number of anilines is 1. The van der Waals surface area contributed by atoms with Crippen molar-refractivity contribution >= 4 is 5.69 Å². The zero-order valence-electron chi connectivity index (χ0n) is 8.50. The van der Waals surface area contributed by atoms with Crippen LogP contribution in [0.3, 0.4) is 0 Å². The third-order valence-corrected chi connectivity index (χ3v) is 2.10. The minimum atomic E-state index is 0.507. The van der Waals surface area contributed by atoms with Gasteiger partial charge in [-0.3, -0.25) is 0 Å². The van der Waals surface area contributed by atoms with Gasteiger partial charge >= 0.3 is 0 Å². The fraction of sp³-hybridized carbons (Fsp3) is 0.455. The third-order valence-electron chi connectivity index (χ3n) is 2.10. The number of hydrogen-bond donors (Lipinski definition) is 1. The number of benzene rings is 1. The molecule has 1 aromatic carbocycles. The maximum absolute atomic E-state index is 5.13. The van der Waals surface area contributed by atoms with E-state index >= 15 is 0 Å². The van der Waals surface area contributed by atoms with E-state index in [9.17, 15) is 0 Å². The van der Waals surface area contributed by atoms with Gasteiger partial charge in [0.15, 0.2) is 0 Å². The highest BCUT2D eigenvalue weighted by molar-refractivity contribution is 5.48. The molecule has 13 heavy (non-hydrogen) atoms.